The van der Waals surface area contributed by atoms with E-state index >= 15 is 0 Å². The molecule has 0 spiro atoms. The summed E-state index contributed by atoms with van der Waals surface area (Å²) in [6.07, 6.45) is 8.19. The summed E-state index contributed by atoms with van der Waals surface area (Å²) in [5.41, 5.74) is 0. The van der Waals surface area contributed by atoms with Crippen molar-refractivity contribution in [2.75, 3.05) is 18.1 Å². The minimum Gasteiger partial charge on any atom is -0.313 e. The summed E-state index contributed by atoms with van der Waals surface area (Å²) in [6, 6.07) is 0.213. The SMILES string of the molecule is CCCCCCCNC1CCCS(=O)(=O)C1. The lowest BCUT2D eigenvalue weighted by atomic mass is 10.1. The van der Waals surface area contributed by atoms with Gasteiger partial charge in [-0.3, -0.25) is 0 Å². The van der Waals surface area contributed by atoms with Crippen LogP contribution in [0.5, 0.6) is 0 Å². The quantitative estimate of drug-likeness (QED) is 0.701. The van der Waals surface area contributed by atoms with E-state index in [1.54, 1.807) is 0 Å². The van der Waals surface area contributed by atoms with Crippen molar-refractivity contribution in [3.8, 4) is 0 Å². The molecule has 0 radical (unpaired) electrons. The van der Waals surface area contributed by atoms with Gasteiger partial charge in [-0.1, -0.05) is 32.6 Å². The predicted octanol–water partition coefficient (Wildman–Crippen LogP) is 2.12. The first-order valence-corrected chi connectivity index (χ1v) is 8.40. The molecular formula is C12H25NO2S. The van der Waals surface area contributed by atoms with Crippen molar-refractivity contribution in [3.63, 3.8) is 0 Å². The van der Waals surface area contributed by atoms with E-state index in [9.17, 15) is 8.42 Å². The van der Waals surface area contributed by atoms with Crippen LogP contribution in [-0.2, 0) is 9.84 Å². The smallest absolute Gasteiger partial charge is 0.151 e. The fourth-order valence-corrected chi connectivity index (χ4v) is 3.89. The zero-order chi connectivity index (χ0) is 11.9. The zero-order valence-electron chi connectivity index (χ0n) is 10.4. The summed E-state index contributed by atoms with van der Waals surface area (Å²) in [5.74, 6) is 0.740. The predicted molar refractivity (Wildman–Crippen MR) is 68.4 cm³/mol. The monoisotopic (exact) mass is 247 g/mol. The van der Waals surface area contributed by atoms with E-state index in [1.807, 2.05) is 0 Å². The molecule has 0 aliphatic carbocycles. The molecule has 0 amide bonds. The fraction of sp³-hybridized carbons (Fsp3) is 1.00. The standard InChI is InChI=1S/C12H25NO2S/c1-2-3-4-5-6-9-13-12-8-7-10-16(14,15)11-12/h12-13H,2-11H2,1H3. The van der Waals surface area contributed by atoms with Gasteiger partial charge in [-0.15, -0.1) is 0 Å². The second kappa shape index (κ2) is 7.28. The second-order valence-corrected chi connectivity index (χ2v) is 7.05. The Kier molecular flexibility index (Phi) is 6.36. The van der Waals surface area contributed by atoms with E-state index in [4.69, 9.17) is 0 Å². The van der Waals surface area contributed by atoms with Crippen molar-refractivity contribution in [2.24, 2.45) is 0 Å². The molecule has 1 atom stereocenters. The minimum absolute atomic E-state index is 0.213. The van der Waals surface area contributed by atoms with Gasteiger partial charge in [0.2, 0.25) is 0 Å². The molecule has 16 heavy (non-hydrogen) atoms. The molecule has 1 aliphatic heterocycles. The van der Waals surface area contributed by atoms with E-state index in [0.29, 0.717) is 11.5 Å². The van der Waals surface area contributed by atoms with Gasteiger partial charge in [-0.25, -0.2) is 8.42 Å². The third-order valence-corrected chi connectivity index (χ3v) is 5.00. The molecule has 1 saturated heterocycles. The van der Waals surface area contributed by atoms with Gasteiger partial charge in [0.25, 0.3) is 0 Å². The van der Waals surface area contributed by atoms with Crippen LogP contribution in [0.15, 0.2) is 0 Å². The maximum atomic E-state index is 11.4. The Morgan fingerprint density at radius 3 is 2.62 bits per heavy atom. The Balaban J connectivity index is 2.04. The first kappa shape index (κ1) is 14.0. The summed E-state index contributed by atoms with van der Waals surface area (Å²) < 4.78 is 22.8. The van der Waals surface area contributed by atoms with Crippen LogP contribution in [0.4, 0.5) is 0 Å². The van der Waals surface area contributed by atoms with E-state index in [2.05, 4.69) is 12.2 Å². The van der Waals surface area contributed by atoms with Gasteiger partial charge >= 0.3 is 0 Å². The van der Waals surface area contributed by atoms with Crippen LogP contribution in [0.1, 0.15) is 51.9 Å². The lowest BCUT2D eigenvalue weighted by Gasteiger charge is -2.23. The number of rotatable bonds is 7. The molecule has 1 N–H and O–H groups in total. The maximum absolute atomic E-state index is 11.4. The molecular weight excluding hydrogens is 222 g/mol. The van der Waals surface area contributed by atoms with Gasteiger partial charge in [0.15, 0.2) is 9.84 Å². The topological polar surface area (TPSA) is 46.2 Å². The molecule has 1 unspecified atom stereocenters. The van der Waals surface area contributed by atoms with Crippen LogP contribution >= 0.6 is 0 Å². The van der Waals surface area contributed by atoms with Crippen LogP contribution in [0.2, 0.25) is 0 Å². The molecule has 0 saturated carbocycles. The Bertz CT molecular complexity index is 275. The van der Waals surface area contributed by atoms with E-state index < -0.39 is 9.84 Å². The van der Waals surface area contributed by atoms with Crippen molar-refractivity contribution >= 4 is 9.84 Å². The molecule has 0 aromatic carbocycles. The fourth-order valence-electron chi connectivity index (χ4n) is 2.22. The zero-order valence-corrected chi connectivity index (χ0v) is 11.2. The molecule has 4 heteroatoms. The molecule has 1 heterocycles. The summed E-state index contributed by atoms with van der Waals surface area (Å²) in [5, 5.41) is 3.37. The number of hydrogen-bond donors (Lipinski definition) is 1. The van der Waals surface area contributed by atoms with Crippen LogP contribution in [0.3, 0.4) is 0 Å². The third-order valence-electron chi connectivity index (χ3n) is 3.18. The molecule has 1 rings (SSSR count). The van der Waals surface area contributed by atoms with Gasteiger partial charge in [0.05, 0.1) is 11.5 Å². The summed E-state index contributed by atoms with van der Waals surface area (Å²) in [6.45, 7) is 3.19. The Labute approximate surface area is 99.9 Å². The first-order chi connectivity index (χ1) is 7.64. The minimum atomic E-state index is -2.75. The van der Waals surface area contributed by atoms with Crippen LogP contribution in [-0.4, -0.2) is 32.5 Å². The number of unbranched alkanes of at least 4 members (excludes halogenated alkanes) is 4. The van der Waals surface area contributed by atoms with E-state index in [0.717, 1.165) is 19.4 Å². The molecule has 0 aromatic rings. The average Bonchev–Trinajstić information content (AvgIpc) is 2.22. The summed E-state index contributed by atoms with van der Waals surface area (Å²) in [4.78, 5) is 0. The molecule has 3 nitrogen and oxygen atoms in total. The highest BCUT2D eigenvalue weighted by atomic mass is 32.2. The number of nitrogens with one attached hydrogen (secondary N) is 1. The maximum Gasteiger partial charge on any atom is 0.151 e. The van der Waals surface area contributed by atoms with Gasteiger partial charge in [-0.05, 0) is 25.8 Å². The largest absolute Gasteiger partial charge is 0.313 e. The van der Waals surface area contributed by atoms with E-state index in [-0.39, 0.29) is 6.04 Å². The van der Waals surface area contributed by atoms with Gasteiger partial charge in [0.1, 0.15) is 0 Å². The van der Waals surface area contributed by atoms with Crippen molar-refractivity contribution in [2.45, 2.75) is 57.9 Å². The van der Waals surface area contributed by atoms with Crippen molar-refractivity contribution in [3.05, 3.63) is 0 Å². The lowest BCUT2D eigenvalue weighted by molar-refractivity contribution is 0.468. The highest BCUT2D eigenvalue weighted by Gasteiger charge is 2.23. The molecule has 0 aromatic heterocycles. The first-order valence-electron chi connectivity index (χ1n) is 6.58. The molecule has 1 fully saturated rings. The molecule has 96 valence electrons. The van der Waals surface area contributed by atoms with Crippen LogP contribution in [0.25, 0.3) is 0 Å². The van der Waals surface area contributed by atoms with Gasteiger partial charge in [0, 0.05) is 6.04 Å². The lowest BCUT2D eigenvalue weighted by Crippen LogP contribution is -2.40. The number of hydrogen-bond acceptors (Lipinski definition) is 3. The van der Waals surface area contributed by atoms with Crippen LogP contribution < -0.4 is 5.32 Å². The van der Waals surface area contributed by atoms with Crippen molar-refractivity contribution in [1.29, 1.82) is 0 Å². The Morgan fingerprint density at radius 1 is 1.19 bits per heavy atom. The third kappa shape index (κ3) is 5.85. The highest BCUT2D eigenvalue weighted by molar-refractivity contribution is 7.91. The summed E-state index contributed by atoms with van der Waals surface area (Å²) >= 11 is 0. The Morgan fingerprint density at radius 2 is 1.94 bits per heavy atom. The van der Waals surface area contributed by atoms with Gasteiger partial charge in [-0.2, -0.15) is 0 Å². The summed E-state index contributed by atoms with van der Waals surface area (Å²) in [7, 11) is -2.75. The molecule has 1 aliphatic rings. The van der Waals surface area contributed by atoms with Crippen molar-refractivity contribution < 1.29 is 8.42 Å². The normalized spacial score (nSPS) is 24.4. The number of sulfone groups is 1. The van der Waals surface area contributed by atoms with Crippen molar-refractivity contribution in [1.82, 2.24) is 5.32 Å². The average molecular weight is 247 g/mol. The highest BCUT2D eigenvalue weighted by Crippen LogP contribution is 2.12. The van der Waals surface area contributed by atoms with Gasteiger partial charge < -0.3 is 5.32 Å². The van der Waals surface area contributed by atoms with Crippen LogP contribution in [0, 0.1) is 0 Å². The Hall–Kier alpha value is -0.0900. The van der Waals surface area contributed by atoms with E-state index in [1.165, 1.54) is 32.1 Å². The second-order valence-electron chi connectivity index (χ2n) is 4.82. The molecule has 0 bridgehead atoms.